The van der Waals surface area contributed by atoms with Crippen LogP contribution < -0.4 is 11.0 Å². The van der Waals surface area contributed by atoms with Crippen molar-refractivity contribution in [1.29, 1.82) is 0 Å². The first-order valence-electron chi connectivity index (χ1n) is 5.99. The highest BCUT2D eigenvalue weighted by molar-refractivity contribution is 7.17. The molecule has 2 aromatic heterocycles. The molecule has 3 aromatic rings. The van der Waals surface area contributed by atoms with Gasteiger partial charge in [-0.1, -0.05) is 18.2 Å². The van der Waals surface area contributed by atoms with E-state index in [2.05, 4.69) is 15.3 Å². The second kappa shape index (κ2) is 4.90. The largest absolute Gasteiger partial charge is 0.347 e. The number of carbonyl (C=O) groups excluding carboxylic acids is 1. The molecule has 1 aromatic carbocycles. The van der Waals surface area contributed by atoms with Crippen molar-refractivity contribution in [2.75, 3.05) is 5.32 Å². The molecule has 3 rings (SSSR count). The zero-order valence-corrected chi connectivity index (χ0v) is 11.5. The summed E-state index contributed by atoms with van der Waals surface area (Å²) in [5.74, 6) is -0.00789. The van der Waals surface area contributed by atoms with Crippen molar-refractivity contribution in [3.8, 4) is 0 Å². The molecule has 0 saturated carbocycles. The number of nitrogens with zero attached hydrogens (tertiary/aromatic N) is 1. The molecular formula is C14H11N3O2S. The molecule has 2 heterocycles. The number of benzene rings is 1. The van der Waals surface area contributed by atoms with Crippen LogP contribution in [0.3, 0.4) is 0 Å². The molecule has 0 bridgehead atoms. The van der Waals surface area contributed by atoms with E-state index >= 15 is 0 Å². The highest BCUT2D eigenvalue weighted by Gasteiger charge is 2.12. The molecule has 0 spiro atoms. The van der Waals surface area contributed by atoms with Crippen molar-refractivity contribution >= 4 is 33.1 Å². The topological polar surface area (TPSA) is 74.8 Å². The van der Waals surface area contributed by atoms with Gasteiger partial charge in [0.1, 0.15) is 5.82 Å². The van der Waals surface area contributed by atoms with Crippen LogP contribution in [0.25, 0.3) is 10.1 Å². The molecule has 1 amide bonds. The van der Waals surface area contributed by atoms with E-state index in [0.717, 1.165) is 10.1 Å². The fourth-order valence-corrected chi connectivity index (χ4v) is 2.92. The predicted octanol–water partition coefficient (Wildman–Crippen LogP) is 2.55. The third kappa shape index (κ3) is 2.33. The van der Waals surface area contributed by atoms with E-state index in [1.54, 1.807) is 18.4 Å². The molecule has 0 atom stereocenters. The summed E-state index contributed by atoms with van der Waals surface area (Å²) in [4.78, 5) is 29.8. The van der Waals surface area contributed by atoms with Gasteiger partial charge in [0.2, 0.25) is 0 Å². The van der Waals surface area contributed by atoms with Gasteiger partial charge in [0.25, 0.3) is 5.91 Å². The Morgan fingerprint density at radius 3 is 2.95 bits per heavy atom. The number of rotatable bonds is 2. The Morgan fingerprint density at radius 2 is 2.15 bits per heavy atom. The number of fused-ring (bicyclic) bond motifs is 1. The van der Waals surface area contributed by atoms with E-state index in [1.165, 1.54) is 11.3 Å². The fourth-order valence-electron chi connectivity index (χ4n) is 1.98. The van der Waals surface area contributed by atoms with E-state index in [1.807, 2.05) is 24.3 Å². The van der Waals surface area contributed by atoms with Crippen LogP contribution >= 0.6 is 11.3 Å². The number of aromatic nitrogens is 2. The van der Waals surface area contributed by atoms with Gasteiger partial charge >= 0.3 is 5.69 Å². The van der Waals surface area contributed by atoms with Crippen molar-refractivity contribution < 1.29 is 4.79 Å². The molecule has 0 aliphatic carbocycles. The van der Waals surface area contributed by atoms with Crippen LogP contribution in [0.15, 0.2) is 40.5 Å². The number of amides is 1. The summed E-state index contributed by atoms with van der Waals surface area (Å²) in [5, 5.41) is 5.36. The lowest BCUT2D eigenvalue weighted by atomic mass is 10.1. The fraction of sp³-hybridized carbons (Fsp3) is 0.0714. The second-order valence-electron chi connectivity index (χ2n) is 4.35. The summed E-state index contributed by atoms with van der Waals surface area (Å²) in [7, 11) is 0. The maximum Gasteiger partial charge on any atom is 0.347 e. The summed E-state index contributed by atoms with van der Waals surface area (Å²) in [6.07, 6.45) is 0. The quantitative estimate of drug-likeness (QED) is 0.759. The van der Waals surface area contributed by atoms with Gasteiger partial charge in [0.15, 0.2) is 0 Å². The highest BCUT2D eigenvalue weighted by atomic mass is 32.1. The molecule has 0 radical (unpaired) electrons. The van der Waals surface area contributed by atoms with Gasteiger partial charge in [-0.15, -0.1) is 11.3 Å². The Kier molecular flexibility index (Phi) is 3.08. The zero-order chi connectivity index (χ0) is 14.1. The number of aryl methyl sites for hydroxylation is 1. The average Bonchev–Trinajstić information content (AvgIpc) is 2.81. The summed E-state index contributed by atoms with van der Waals surface area (Å²) in [6, 6.07) is 9.31. The molecule has 6 heteroatoms. The normalized spacial score (nSPS) is 10.7. The van der Waals surface area contributed by atoms with Crippen LogP contribution in [0.4, 0.5) is 5.82 Å². The summed E-state index contributed by atoms with van der Waals surface area (Å²) >= 11 is 1.51. The first-order chi connectivity index (χ1) is 9.63. The maximum absolute atomic E-state index is 12.3. The van der Waals surface area contributed by atoms with Crippen LogP contribution in [-0.4, -0.2) is 15.9 Å². The standard InChI is InChI=1S/C14H11N3O2S/c1-8-6-12(17-14(19)15-8)16-13(18)10-7-20-11-5-3-2-4-9(10)11/h2-7H,1H3,(H2,15,16,17,18,19). The lowest BCUT2D eigenvalue weighted by Crippen LogP contribution is -2.18. The number of anilines is 1. The number of H-pyrrole nitrogens is 1. The first-order valence-corrected chi connectivity index (χ1v) is 6.87. The molecule has 20 heavy (non-hydrogen) atoms. The highest BCUT2D eigenvalue weighted by Crippen LogP contribution is 2.26. The minimum absolute atomic E-state index is 0.256. The number of aromatic amines is 1. The minimum atomic E-state index is -0.476. The Bertz CT molecular complexity index is 851. The van der Waals surface area contributed by atoms with Gasteiger partial charge < -0.3 is 10.3 Å². The first kappa shape index (κ1) is 12.6. The summed E-state index contributed by atoms with van der Waals surface area (Å²) < 4.78 is 1.05. The van der Waals surface area contributed by atoms with E-state index in [9.17, 15) is 9.59 Å². The van der Waals surface area contributed by atoms with Gasteiger partial charge in [-0.05, 0) is 13.0 Å². The van der Waals surface area contributed by atoms with Crippen LogP contribution in [-0.2, 0) is 0 Å². The molecule has 2 N–H and O–H groups in total. The van der Waals surface area contributed by atoms with Crippen molar-refractivity contribution in [2.24, 2.45) is 0 Å². The SMILES string of the molecule is Cc1cc(NC(=O)c2csc3ccccc23)nc(=O)[nH]1. The number of hydrogen-bond acceptors (Lipinski definition) is 4. The maximum atomic E-state index is 12.3. The molecule has 0 aliphatic rings. The monoisotopic (exact) mass is 285 g/mol. The van der Waals surface area contributed by atoms with Gasteiger partial charge in [0.05, 0.1) is 5.56 Å². The Hall–Kier alpha value is -2.47. The van der Waals surface area contributed by atoms with Crippen LogP contribution in [0.5, 0.6) is 0 Å². The smallest absolute Gasteiger partial charge is 0.310 e. The van der Waals surface area contributed by atoms with Crippen molar-refractivity contribution in [3.05, 3.63) is 57.5 Å². The number of carbonyl (C=O) groups is 1. The number of thiophene rings is 1. The predicted molar refractivity (Wildman–Crippen MR) is 79.4 cm³/mol. The molecule has 0 saturated heterocycles. The van der Waals surface area contributed by atoms with E-state index < -0.39 is 5.69 Å². The van der Waals surface area contributed by atoms with Crippen molar-refractivity contribution in [1.82, 2.24) is 9.97 Å². The molecule has 0 unspecified atom stereocenters. The Labute approximate surface area is 118 Å². The van der Waals surface area contributed by atoms with Gasteiger partial charge in [-0.25, -0.2) is 4.79 Å². The second-order valence-corrected chi connectivity index (χ2v) is 5.27. The van der Waals surface area contributed by atoms with Crippen LogP contribution in [0, 0.1) is 6.92 Å². The number of nitrogens with one attached hydrogen (secondary N) is 2. The van der Waals surface area contributed by atoms with Gasteiger partial charge in [-0.3, -0.25) is 4.79 Å². The third-order valence-electron chi connectivity index (χ3n) is 2.85. The van der Waals surface area contributed by atoms with Crippen LogP contribution in [0.2, 0.25) is 0 Å². The molecule has 5 nitrogen and oxygen atoms in total. The summed E-state index contributed by atoms with van der Waals surface area (Å²) in [5.41, 5.74) is 0.760. The van der Waals surface area contributed by atoms with Gasteiger partial charge in [-0.2, -0.15) is 4.98 Å². The lowest BCUT2D eigenvalue weighted by molar-refractivity contribution is 0.102. The molecular weight excluding hydrogens is 274 g/mol. The van der Waals surface area contributed by atoms with E-state index in [-0.39, 0.29) is 11.7 Å². The van der Waals surface area contributed by atoms with E-state index in [0.29, 0.717) is 11.3 Å². The third-order valence-corrected chi connectivity index (χ3v) is 3.81. The Balaban J connectivity index is 1.95. The van der Waals surface area contributed by atoms with Crippen molar-refractivity contribution in [2.45, 2.75) is 6.92 Å². The molecule has 0 fully saturated rings. The van der Waals surface area contributed by atoms with E-state index in [4.69, 9.17) is 0 Å². The lowest BCUT2D eigenvalue weighted by Gasteiger charge is -2.03. The molecule has 0 aliphatic heterocycles. The van der Waals surface area contributed by atoms with Gasteiger partial charge in [0, 0.05) is 27.2 Å². The number of hydrogen-bond donors (Lipinski definition) is 2. The van der Waals surface area contributed by atoms with Crippen LogP contribution in [0.1, 0.15) is 16.1 Å². The Morgan fingerprint density at radius 1 is 1.35 bits per heavy atom. The van der Waals surface area contributed by atoms with Crippen molar-refractivity contribution in [3.63, 3.8) is 0 Å². The minimum Gasteiger partial charge on any atom is -0.310 e. The zero-order valence-electron chi connectivity index (χ0n) is 10.6. The summed E-state index contributed by atoms with van der Waals surface area (Å²) in [6.45, 7) is 1.73. The average molecular weight is 285 g/mol. The molecule has 100 valence electrons.